The van der Waals surface area contributed by atoms with Crippen LogP contribution in [-0.4, -0.2) is 36.4 Å². The van der Waals surface area contributed by atoms with Crippen molar-refractivity contribution in [1.82, 2.24) is 29.3 Å². The smallest absolute Gasteiger partial charge is 0.416 e. The third kappa shape index (κ3) is 3.96. The molecule has 0 amide bonds. The Morgan fingerprint density at radius 2 is 1.97 bits per heavy atom. The highest BCUT2D eigenvalue weighted by Gasteiger charge is 2.32. The predicted molar refractivity (Wildman–Crippen MR) is 114 cm³/mol. The quantitative estimate of drug-likeness (QED) is 0.444. The molecule has 0 saturated carbocycles. The SMILES string of the molecule is COc1nc(-c2nc3n(n2)C(c2cccc(C(F)(F)F)c2)CCC3)ccc1-n1cnc(C)c1. The largest absolute Gasteiger partial charge is 0.479 e. The summed E-state index contributed by atoms with van der Waals surface area (Å²) >= 11 is 0. The molecule has 1 aliphatic heterocycles. The molecule has 1 unspecified atom stereocenters. The Bertz CT molecular complexity index is 1310. The molecule has 1 aromatic carbocycles. The summed E-state index contributed by atoms with van der Waals surface area (Å²) in [5.41, 5.74) is 2.03. The zero-order valence-corrected chi connectivity index (χ0v) is 18.0. The highest BCUT2D eigenvalue weighted by atomic mass is 19.4. The first kappa shape index (κ1) is 21.2. The molecule has 7 nitrogen and oxygen atoms in total. The number of aryl methyl sites for hydroxylation is 2. The lowest BCUT2D eigenvalue weighted by Crippen LogP contribution is -2.20. The van der Waals surface area contributed by atoms with Crippen LogP contribution in [0.2, 0.25) is 0 Å². The molecular weight excluding hydrogens is 433 g/mol. The molecule has 4 heterocycles. The van der Waals surface area contributed by atoms with E-state index in [9.17, 15) is 13.2 Å². The summed E-state index contributed by atoms with van der Waals surface area (Å²) in [6, 6.07) is 8.77. The molecule has 1 aliphatic rings. The molecule has 3 aromatic heterocycles. The molecule has 5 rings (SSSR count). The maximum absolute atomic E-state index is 13.2. The lowest BCUT2D eigenvalue weighted by molar-refractivity contribution is -0.137. The van der Waals surface area contributed by atoms with Crippen molar-refractivity contribution in [2.45, 2.75) is 38.4 Å². The van der Waals surface area contributed by atoms with E-state index in [-0.39, 0.29) is 6.04 Å². The summed E-state index contributed by atoms with van der Waals surface area (Å²) in [7, 11) is 1.54. The highest BCUT2D eigenvalue weighted by molar-refractivity contribution is 5.55. The second kappa shape index (κ2) is 8.02. The number of methoxy groups -OCH3 is 1. The molecule has 0 fully saturated rings. The van der Waals surface area contributed by atoms with Gasteiger partial charge >= 0.3 is 6.18 Å². The lowest BCUT2D eigenvalue weighted by Gasteiger charge is -2.24. The normalized spacial score (nSPS) is 16.0. The van der Waals surface area contributed by atoms with Crippen LogP contribution in [0.15, 0.2) is 48.9 Å². The van der Waals surface area contributed by atoms with Crippen molar-refractivity contribution in [2.75, 3.05) is 7.11 Å². The standard InChI is InChI=1S/C23H21F3N6O/c1-14-12-31(13-27-14)19-10-9-17(28-22(19)33-2)21-29-20-8-4-7-18(32(20)30-21)15-5-3-6-16(11-15)23(24,25)26/h3,5-6,9-13,18H,4,7-8H2,1-2H3. The van der Waals surface area contributed by atoms with Crippen LogP contribution in [0.1, 0.15) is 41.5 Å². The topological polar surface area (TPSA) is 70.7 Å². The summed E-state index contributed by atoms with van der Waals surface area (Å²) in [4.78, 5) is 13.5. The van der Waals surface area contributed by atoms with Crippen LogP contribution in [0.25, 0.3) is 17.2 Å². The summed E-state index contributed by atoms with van der Waals surface area (Å²) in [5, 5.41) is 4.64. The maximum Gasteiger partial charge on any atom is 0.416 e. The second-order valence-electron chi connectivity index (χ2n) is 7.97. The number of fused-ring (bicyclic) bond motifs is 1. The maximum atomic E-state index is 13.2. The number of halogens is 3. The van der Waals surface area contributed by atoms with E-state index in [1.165, 1.54) is 19.2 Å². The molecule has 0 radical (unpaired) electrons. The Labute approximate surface area is 187 Å². The fraction of sp³-hybridized carbons (Fsp3) is 0.304. The van der Waals surface area contributed by atoms with Gasteiger partial charge in [0, 0.05) is 12.6 Å². The zero-order chi connectivity index (χ0) is 23.2. The first-order valence-electron chi connectivity index (χ1n) is 10.5. The Hall–Kier alpha value is -3.69. The van der Waals surface area contributed by atoms with Crippen LogP contribution in [0.5, 0.6) is 5.88 Å². The monoisotopic (exact) mass is 454 g/mol. The van der Waals surface area contributed by atoms with E-state index in [0.717, 1.165) is 29.7 Å². The van der Waals surface area contributed by atoms with Crippen LogP contribution in [0.4, 0.5) is 13.2 Å². The molecule has 0 spiro atoms. The van der Waals surface area contributed by atoms with Crippen LogP contribution in [-0.2, 0) is 12.6 Å². The Kier molecular flexibility index (Phi) is 5.15. The zero-order valence-electron chi connectivity index (χ0n) is 18.0. The van der Waals surface area contributed by atoms with Crippen molar-refractivity contribution in [3.63, 3.8) is 0 Å². The number of nitrogens with zero attached hydrogens (tertiary/aromatic N) is 6. The van der Waals surface area contributed by atoms with Crippen molar-refractivity contribution in [1.29, 1.82) is 0 Å². The fourth-order valence-corrected chi connectivity index (χ4v) is 4.15. The van der Waals surface area contributed by atoms with Gasteiger partial charge in [0.1, 0.15) is 17.2 Å². The van der Waals surface area contributed by atoms with Crippen LogP contribution >= 0.6 is 0 Å². The van der Waals surface area contributed by atoms with E-state index >= 15 is 0 Å². The third-order valence-corrected chi connectivity index (χ3v) is 5.73. The fourth-order valence-electron chi connectivity index (χ4n) is 4.15. The third-order valence-electron chi connectivity index (χ3n) is 5.73. The summed E-state index contributed by atoms with van der Waals surface area (Å²) < 4.78 is 48.7. The van der Waals surface area contributed by atoms with E-state index in [1.807, 2.05) is 23.8 Å². The van der Waals surface area contributed by atoms with E-state index in [0.29, 0.717) is 35.8 Å². The van der Waals surface area contributed by atoms with Gasteiger partial charge in [0.2, 0.25) is 5.88 Å². The molecule has 0 aliphatic carbocycles. The first-order valence-corrected chi connectivity index (χ1v) is 10.5. The van der Waals surface area contributed by atoms with Crippen molar-refractivity contribution in [3.05, 3.63) is 71.6 Å². The van der Waals surface area contributed by atoms with Crippen LogP contribution in [0, 0.1) is 6.92 Å². The minimum absolute atomic E-state index is 0.313. The van der Waals surface area contributed by atoms with E-state index < -0.39 is 11.7 Å². The van der Waals surface area contributed by atoms with Gasteiger partial charge in [0.25, 0.3) is 0 Å². The second-order valence-corrected chi connectivity index (χ2v) is 7.97. The summed E-state index contributed by atoms with van der Waals surface area (Å²) in [6.07, 6.45) is 1.36. The predicted octanol–water partition coefficient (Wildman–Crippen LogP) is 4.79. The number of imidazole rings is 1. The summed E-state index contributed by atoms with van der Waals surface area (Å²) in [5.74, 6) is 1.54. The number of hydrogen-bond acceptors (Lipinski definition) is 5. The molecule has 0 N–H and O–H groups in total. The number of alkyl halides is 3. The van der Waals surface area contributed by atoms with Gasteiger partial charge in [-0.15, -0.1) is 5.10 Å². The van der Waals surface area contributed by atoms with Gasteiger partial charge in [-0.1, -0.05) is 12.1 Å². The van der Waals surface area contributed by atoms with E-state index in [4.69, 9.17) is 4.74 Å². The molecule has 33 heavy (non-hydrogen) atoms. The minimum Gasteiger partial charge on any atom is -0.479 e. The Morgan fingerprint density at radius 3 is 2.70 bits per heavy atom. The molecule has 170 valence electrons. The number of rotatable bonds is 4. The van der Waals surface area contributed by atoms with E-state index in [1.54, 1.807) is 23.1 Å². The van der Waals surface area contributed by atoms with Gasteiger partial charge in [0.05, 0.1) is 30.7 Å². The van der Waals surface area contributed by atoms with Gasteiger partial charge in [-0.3, -0.25) is 0 Å². The van der Waals surface area contributed by atoms with Gasteiger partial charge < -0.3 is 9.30 Å². The van der Waals surface area contributed by atoms with E-state index in [2.05, 4.69) is 20.1 Å². The number of hydrogen-bond donors (Lipinski definition) is 0. The van der Waals surface area contributed by atoms with Crippen LogP contribution in [0.3, 0.4) is 0 Å². The number of ether oxygens (including phenoxy) is 1. The number of pyridine rings is 1. The lowest BCUT2D eigenvalue weighted by atomic mass is 9.96. The van der Waals surface area contributed by atoms with Gasteiger partial charge in [-0.05, 0) is 49.6 Å². The molecule has 0 bridgehead atoms. The number of benzene rings is 1. The first-order chi connectivity index (χ1) is 15.8. The Morgan fingerprint density at radius 1 is 1.12 bits per heavy atom. The molecule has 0 saturated heterocycles. The highest BCUT2D eigenvalue weighted by Crippen LogP contribution is 2.35. The van der Waals surface area contributed by atoms with Crippen molar-refractivity contribution < 1.29 is 17.9 Å². The van der Waals surface area contributed by atoms with Crippen LogP contribution < -0.4 is 4.74 Å². The average molecular weight is 454 g/mol. The minimum atomic E-state index is -4.39. The molecule has 10 heteroatoms. The van der Waals surface area contributed by atoms with Gasteiger partial charge in [0.15, 0.2) is 5.82 Å². The average Bonchev–Trinajstić information content (AvgIpc) is 3.44. The molecular formula is C23H21F3N6O. The van der Waals surface area contributed by atoms with Crippen molar-refractivity contribution >= 4 is 0 Å². The summed E-state index contributed by atoms with van der Waals surface area (Å²) in [6.45, 7) is 1.89. The van der Waals surface area contributed by atoms with Gasteiger partial charge in [-0.25, -0.2) is 19.6 Å². The number of aromatic nitrogens is 6. The van der Waals surface area contributed by atoms with Crippen molar-refractivity contribution in [3.8, 4) is 23.1 Å². The Balaban J connectivity index is 1.51. The van der Waals surface area contributed by atoms with Crippen molar-refractivity contribution in [2.24, 2.45) is 0 Å². The molecule has 1 atom stereocenters. The van der Waals surface area contributed by atoms with Gasteiger partial charge in [-0.2, -0.15) is 13.2 Å². The molecule has 4 aromatic rings.